The van der Waals surface area contributed by atoms with Crippen molar-refractivity contribution in [2.75, 3.05) is 0 Å². The molecule has 0 aromatic heterocycles. The zero-order chi connectivity index (χ0) is 10.4. The van der Waals surface area contributed by atoms with Crippen LogP contribution in [0.5, 0.6) is 0 Å². The molecule has 0 fully saturated rings. The molecule has 0 aliphatic heterocycles. The molecule has 3 N–H and O–H groups in total. The van der Waals surface area contributed by atoms with Gasteiger partial charge in [-0.1, -0.05) is 0 Å². The molecule has 1 amide bonds. The predicted octanol–water partition coefficient (Wildman–Crippen LogP) is -1.86. The Balaban J connectivity index is -0.000000720. The SMILES string of the molecule is CC(=O)N[C@@H](CCC(=O)O)C(=O)O.[KH].[KH]. The summed E-state index contributed by atoms with van der Waals surface area (Å²) in [7, 11) is 0. The van der Waals surface area contributed by atoms with Crippen LogP contribution >= 0.6 is 0 Å². The van der Waals surface area contributed by atoms with Crippen molar-refractivity contribution in [3.63, 3.8) is 0 Å². The van der Waals surface area contributed by atoms with Gasteiger partial charge in [0.1, 0.15) is 6.04 Å². The summed E-state index contributed by atoms with van der Waals surface area (Å²) in [6.07, 6.45) is -0.387. The number of hydrogen-bond donors (Lipinski definition) is 3. The van der Waals surface area contributed by atoms with Gasteiger partial charge in [-0.15, -0.1) is 0 Å². The van der Waals surface area contributed by atoms with Gasteiger partial charge in [0.2, 0.25) is 5.91 Å². The minimum absolute atomic E-state index is 0. The van der Waals surface area contributed by atoms with Crippen molar-refractivity contribution in [2.24, 2.45) is 0 Å². The van der Waals surface area contributed by atoms with E-state index >= 15 is 0 Å². The second kappa shape index (κ2) is 12.1. The average Bonchev–Trinajstić information content (AvgIpc) is 1.96. The molecule has 1 atom stereocenters. The molecule has 0 aromatic rings. The summed E-state index contributed by atoms with van der Waals surface area (Å²) in [5, 5.41) is 18.9. The molecule has 0 aliphatic rings. The van der Waals surface area contributed by atoms with Crippen LogP contribution in [-0.4, -0.2) is 137 Å². The van der Waals surface area contributed by atoms with Crippen molar-refractivity contribution in [1.29, 1.82) is 0 Å². The Kier molecular flexibility index (Phi) is 17.7. The van der Waals surface area contributed by atoms with Crippen LogP contribution in [0.2, 0.25) is 0 Å². The molecule has 0 radical (unpaired) electrons. The zero-order valence-electron chi connectivity index (χ0n) is 7.11. The normalized spacial score (nSPS) is 10.2. The van der Waals surface area contributed by atoms with E-state index in [4.69, 9.17) is 10.2 Å². The molecule has 15 heavy (non-hydrogen) atoms. The molecule has 0 aliphatic carbocycles. The third-order valence-corrected chi connectivity index (χ3v) is 1.32. The van der Waals surface area contributed by atoms with Crippen LogP contribution in [0.15, 0.2) is 0 Å². The topological polar surface area (TPSA) is 104 Å². The Hall–Kier alpha value is 1.68. The first-order valence-electron chi connectivity index (χ1n) is 3.65. The van der Waals surface area contributed by atoms with Gasteiger partial charge in [0, 0.05) is 13.3 Å². The van der Waals surface area contributed by atoms with E-state index in [0.29, 0.717) is 0 Å². The molecule has 8 heteroatoms. The van der Waals surface area contributed by atoms with Gasteiger partial charge in [-0.2, -0.15) is 0 Å². The second-order valence-electron chi connectivity index (χ2n) is 2.52. The van der Waals surface area contributed by atoms with Crippen LogP contribution in [0.4, 0.5) is 0 Å². The Labute approximate surface area is 172 Å². The monoisotopic (exact) mass is 269 g/mol. The predicted molar refractivity (Wildman–Crippen MR) is 56.4 cm³/mol. The number of rotatable bonds is 5. The van der Waals surface area contributed by atoms with Gasteiger partial charge in [0.05, 0.1) is 0 Å². The number of carbonyl (C=O) groups excluding carboxylic acids is 1. The van der Waals surface area contributed by atoms with Crippen LogP contribution in [0.3, 0.4) is 0 Å². The van der Waals surface area contributed by atoms with E-state index in [-0.39, 0.29) is 116 Å². The molecule has 0 unspecified atom stereocenters. The van der Waals surface area contributed by atoms with Crippen molar-refractivity contribution < 1.29 is 24.6 Å². The van der Waals surface area contributed by atoms with Gasteiger partial charge in [-0.25, -0.2) is 4.79 Å². The van der Waals surface area contributed by atoms with Crippen molar-refractivity contribution in [3.8, 4) is 0 Å². The van der Waals surface area contributed by atoms with Crippen LogP contribution in [0.1, 0.15) is 19.8 Å². The summed E-state index contributed by atoms with van der Waals surface area (Å²) in [5.41, 5.74) is 0. The first-order chi connectivity index (χ1) is 5.93. The fourth-order valence-electron chi connectivity index (χ4n) is 0.771. The van der Waals surface area contributed by atoms with Crippen molar-refractivity contribution >= 4 is 121 Å². The van der Waals surface area contributed by atoms with Crippen LogP contribution in [-0.2, 0) is 14.4 Å². The van der Waals surface area contributed by atoms with E-state index < -0.39 is 23.9 Å². The van der Waals surface area contributed by atoms with Gasteiger partial charge in [-0.05, 0) is 6.42 Å². The van der Waals surface area contributed by atoms with Gasteiger partial charge < -0.3 is 15.5 Å². The van der Waals surface area contributed by atoms with E-state index in [0.717, 1.165) is 0 Å². The summed E-state index contributed by atoms with van der Waals surface area (Å²) in [4.78, 5) is 31.0. The van der Waals surface area contributed by atoms with E-state index in [1.807, 2.05) is 0 Å². The van der Waals surface area contributed by atoms with Gasteiger partial charge in [0.25, 0.3) is 0 Å². The van der Waals surface area contributed by atoms with E-state index in [1.165, 1.54) is 6.92 Å². The second-order valence-corrected chi connectivity index (χ2v) is 2.52. The van der Waals surface area contributed by atoms with Crippen molar-refractivity contribution in [1.82, 2.24) is 5.32 Å². The van der Waals surface area contributed by atoms with Gasteiger partial charge in [0.15, 0.2) is 0 Å². The third kappa shape index (κ3) is 13.6. The molecule has 0 aromatic carbocycles. The molecule has 0 saturated carbocycles. The number of aliphatic carboxylic acids is 2. The van der Waals surface area contributed by atoms with E-state index in [1.54, 1.807) is 0 Å². The molecule has 6 nitrogen and oxygen atoms in total. The van der Waals surface area contributed by atoms with Crippen molar-refractivity contribution in [2.45, 2.75) is 25.8 Å². The Bertz CT molecular complexity index is 233. The maximum absolute atomic E-state index is 10.5. The number of carbonyl (C=O) groups is 3. The quantitative estimate of drug-likeness (QED) is 0.508. The van der Waals surface area contributed by atoms with Crippen LogP contribution in [0.25, 0.3) is 0 Å². The van der Waals surface area contributed by atoms with Gasteiger partial charge >= 0.3 is 115 Å². The Morgan fingerprint density at radius 1 is 1.20 bits per heavy atom. The van der Waals surface area contributed by atoms with Crippen LogP contribution in [0, 0.1) is 0 Å². The Morgan fingerprint density at radius 2 is 1.67 bits per heavy atom. The number of amides is 1. The molecule has 0 saturated heterocycles. The summed E-state index contributed by atoms with van der Waals surface area (Å²) < 4.78 is 0. The number of nitrogens with one attached hydrogen (secondary N) is 1. The minimum atomic E-state index is -1.23. The molecule has 0 heterocycles. The summed E-state index contributed by atoms with van der Waals surface area (Å²) in [6, 6.07) is -1.12. The average molecular weight is 269 g/mol. The Morgan fingerprint density at radius 3 is 1.93 bits per heavy atom. The molecular weight excluding hydrogens is 256 g/mol. The molecule has 0 rings (SSSR count). The number of carboxylic acids is 2. The van der Waals surface area contributed by atoms with Crippen molar-refractivity contribution in [3.05, 3.63) is 0 Å². The van der Waals surface area contributed by atoms with E-state index in [2.05, 4.69) is 5.32 Å². The maximum atomic E-state index is 10.5. The fourth-order valence-corrected chi connectivity index (χ4v) is 0.771. The van der Waals surface area contributed by atoms with Gasteiger partial charge in [-0.3, -0.25) is 9.59 Å². The zero-order valence-corrected chi connectivity index (χ0v) is 7.11. The molecular formula is C7H13K2NO5. The standard InChI is InChI=1S/C7H11NO5.2K.2H/c1-4(9)8-5(7(12)13)2-3-6(10)11;;;;/h5H,2-3H2,1H3,(H,8,9)(H,10,11)(H,12,13);;;;/t5-;;;;/m0..../s1. The first kappa shape index (κ1) is 21.9. The first-order valence-corrected chi connectivity index (χ1v) is 3.65. The third-order valence-electron chi connectivity index (χ3n) is 1.32. The molecule has 0 bridgehead atoms. The number of hydrogen-bond acceptors (Lipinski definition) is 3. The molecule has 78 valence electrons. The summed E-state index contributed by atoms with van der Waals surface area (Å²) in [6.45, 7) is 1.18. The van der Waals surface area contributed by atoms with Crippen LogP contribution < -0.4 is 5.32 Å². The number of carboxylic acid groups (broad SMARTS) is 2. The summed E-state index contributed by atoms with van der Waals surface area (Å²) >= 11 is 0. The molecule has 0 spiro atoms. The summed E-state index contributed by atoms with van der Waals surface area (Å²) in [5.74, 6) is -2.80. The fraction of sp³-hybridized carbons (Fsp3) is 0.571. The van der Waals surface area contributed by atoms with E-state index in [9.17, 15) is 14.4 Å².